The Hall–Kier alpha value is -3.45. The van der Waals surface area contributed by atoms with Crippen molar-refractivity contribution in [1.82, 2.24) is 24.9 Å². The quantitative estimate of drug-likeness (QED) is 0.548. The molecule has 1 fully saturated rings. The van der Waals surface area contributed by atoms with E-state index < -0.39 is 0 Å². The minimum absolute atomic E-state index is 0.0639. The second kappa shape index (κ2) is 10.5. The molecule has 194 valence electrons. The smallest absolute Gasteiger partial charge is 0.274 e. The minimum Gasteiger partial charge on any atom is -0.346 e. The molecule has 2 aliphatic heterocycles. The van der Waals surface area contributed by atoms with E-state index in [1.54, 1.807) is 0 Å². The van der Waals surface area contributed by atoms with E-state index in [2.05, 4.69) is 47.4 Å². The van der Waals surface area contributed by atoms with Crippen molar-refractivity contribution in [2.24, 2.45) is 7.05 Å². The molecule has 0 spiro atoms. The van der Waals surface area contributed by atoms with Gasteiger partial charge in [0, 0.05) is 63.0 Å². The van der Waals surface area contributed by atoms with Crippen LogP contribution in [0.3, 0.4) is 0 Å². The summed E-state index contributed by atoms with van der Waals surface area (Å²) in [5, 5.41) is 7.74. The number of hydrogen-bond donors (Lipinski definition) is 1. The molecule has 3 aromatic rings. The Morgan fingerprint density at radius 1 is 1.00 bits per heavy atom. The molecule has 2 aliphatic rings. The molecule has 1 saturated heterocycles. The molecular formula is C30H37N5O2. The van der Waals surface area contributed by atoms with Gasteiger partial charge in [0.1, 0.15) is 0 Å². The fraction of sp³-hybridized carbons (Fsp3) is 0.433. The van der Waals surface area contributed by atoms with Crippen molar-refractivity contribution < 1.29 is 9.59 Å². The largest absolute Gasteiger partial charge is 0.346 e. The number of amides is 2. The van der Waals surface area contributed by atoms with Gasteiger partial charge in [-0.3, -0.25) is 19.2 Å². The molecule has 0 saturated carbocycles. The van der Waals surface area contributed by atoms with E-state index >= 15 is 0 Å². The highest BCUT2D eigenvalue weighted by molar-refractivity contribution is 5.95. The van der Waals surface area contributed by atoms with Gasteiger partial charge < -0.3 is 10.2 Å². The summed E-state index contributed by atoms with van der Waals surface area (Å²) in [5.41, 5.74) is 8.26. The molecule has 5 rings (SSSR count). The predicted octanol–water partition coefficient (Wildman–Crippen LogP) is 4.32. The van der Waals surface area contributed by atoms with Crippen molar-refractivity contribution in [2.45, 2.75) is 59.2 Å². The van der Waals surface area contributed by atoms with Gasteiger partial charge in [0.2, 0.25) is 0 Å². The number of carbonyl (C=O) groups is 2. The Bertz CT molecular complexity index is 1300. The first-order valence-electron chi connectivity index (χ1n) is 13.3. The number of aryl methyl sites for hydroxylation is 3. The monoisotopic (exact) mass is 499 g/mol. The zero-order chi connectivity index (χ0) is 26.1. The van der Waals surface area contributed by atoms with Gasteiger partial charge in [0.25, 0.3) is 11.8 Å². The van der Waals surface area contributed by atoms with Gasteiger partial charge in [-0.25, -0.2) is 0 Å². The maximum Gasteiger partial charge on any atom is 0.274 e. The summed E-state index contributed by atoms with van der Waals surface area (Å²) in [5.74, 6) is 0.00177. The summed E-state index contributed by atoms with van der Waals surface area (Å²) < 4.78 is 1.89. The van der Waals surface area contributed by atoms with Crippen LogP contribution in [0.2, 0.25) is 0 Å². The Morgan fingerprint density at radius 3 is 2.43 bits per heavy atom. The van der Waals surface area contributed by atoms with E-state index in [4.69, 9.17) is 0 Å². The van der Waals surface area contributed by atoms with Crippen molar-refractivity contribution in [3.05, 3.63) is 87.2 Å². The van der Waals surface area contributed by atoms with Crippen LogP contribution in [0.25, 0.3) is 0 Å². The molecule has 0 bridgehead atoms. The zero-order valence-corrected chi connectivity index (χ0v) is 22.4. The number of carbonyl (C=O) groups excluding carboxylic acids is 2. The van der Waals surface area contributed by atoms with E-state index in [1.807, 2.05) is 47.8 Å². The molecule has 1 atom stereocenters. The van der Waals surface area contributed by atoms with Crippen molar-refractivity contribution in [2.75, 3.05) is 19.6 Å². The second-order valence-electron chi connectivity index (χ2n) is 10.6. The second-order valence-corrected chi connectivity index (χ2v) is 10.6. The fourth-order valence-corrected chi connectivity index (χ4v) is 5.44. The van der Waals surface area contributed by atoms with Gasteiger partial charge in [-0.1, -0.05) is 30.3 Å². The molecular weight excluding hydrogens is 462 g/mol. The fourth-order valence-electron chi connectivity index (χ4n) is 5.44. The average molecular weight is 500 g/mol. The van der Waals surface area contributed by atoms with Crippen LogP contribution in [0, 0.1) is 13.8 Å². The highest BCUT2D eigenvalue weighted by Crippen LogP contribution is 2.26. The third-order valence-electron chi connectivity index (χ3n) is 7.92. The molecule has 2 amide bonds. The SMILES string of the molecule is Cc1ccc([C@H](C)NC(=O)c2ccc(CN3CCc4c(c(C(=O)N5CCCC5)nn4C)C3)cc2)cc1C. The van der Waals surface area contributed by atoms with E-state index in [1.165, 1.54) is 16.8 Å². The van der Waals surface area contributed by atoms with Crippen LogP contribution in [-0.4, -0.2) is 51.0 Å². The van der Waals surface area contributed by atoms with Crippen molar-refractivity contribution in [3.63, 3.8) is 0 Å². The zero-order valence-electron chi connectivity index (χ0n) is 22.4. The predicted molar refractivity (Wildman–Crippen MR) is 144 cm³/mol. The number of nitrogens with zero attached hydrogens (tertiary/aromatic N) is 4. The molecule has 0 unspecified atom stereocenters. The lowest BCUT2D eigenvalue weighted by Crippen LogP contribution is -2.33. The number of hydrogen-bond acceptors (Lipinski definition) is 4. The van der Waals surface area contributed by atoms with E-state index in [9.17, 15) is 9.59 Å². The normalized spacial score (nSPS) is 16.5. The number of benzene rings is 2. The highest BCUT2D eigenvalue weighted by atomic mass is 16.2. The third-order valence-corrected chi connectivity index (χ3v) is 7.92. The third kappa shape index (κ3) is 5.32. The first kappa shape index (κ1) is 25.2. The number of likely N-dealkylation sites (tertiary alicyclic amines) is 1. The molecule has 7 nitrogen and oxygen atoms in total. The van der Waals surface area contributed by atoms with E-state index in [-0.39, 0.29) is 17.9 Å². The lowest BCUT2D eigenvalue weighted by atomic mass is 10.0. The van der Waals surface area contributed by atoms with Gasteiger partial charge in [-0.15, -0.1) is 0 Å². The van der Waals surface area contributed by atoms with Gasteiger partial charge in [0.15, 0.2) is 5.69 Å². The molecule has 3 heterocycles. The molecule has 0 radical (unpaired) electrons. The summed E-state index contributed by atoms with van der Waals surface area (Å²) >= 11 is 0. The van der Waals surface area contributed by atoms with Crippen LogP contribution in [0.15, 0.2) is 42.5 Å². The summed E-state index contributed by atoms with van der Waals surface area (Å²) in [4.78, 5) is 30.3. The minimum atomic E-state index is -0.0691. The van der Waals surface area contributed by atoms with Gasteiger partial charge in [-0.2, -0.15) is 5.10 Å². The molecule has 1 N–H and O–H groups in total. The van der Waals surface area contributed by atoms with Crippen LogP contribution in [0.5, 0.6) is 0 Å². The standard InChI is InChI=1S/C30H37N5O2/c1-20-7-10-25(17-21(20)2)22(3)31-29(36)24-11-8-23(9-12-24)18-34-16-13-27-26(19-34)28(32-33(27)4)30(37)35-14-5-6-15-35/h7-12,17,22H,5-6,13-16,18-19H2,1-4H3,(H,31,36)/t22-/m0/s1. The number of fused-ring (bicyclic) bond motifs is 1. The summed E-state index contributed by atoms with van der Waals surface area (Å²) in [6, 6.07) is 14.1. The maximum absolute atomic E-state index is 13.1. The number of rotatable bonds is 6. The maximum atomic E-state index is 13.1. The molecule has 7 heteroatoms. The highest BCUT2D eigenvalue weighted by Gasteiger charge is 2.30. The van der Waals surface area contributed by atoms with Gasteiger partial charge in [-0.05, 0) is 68.0 Å². The lowest BCUT2D eigenvalue weighted by Gasteiger charge is -2.28. The van der Waals surface area contributed by atoms with Crippen LogP contribution >= 0.6 is 0 Å². The van der Waals surface area contributed by atoms with Crippen molar-refractivity contribution >= 4 is 11.8 Å². The average Bonchev–Trinajstić information content (AvgIpc) is 3.54. The van der Waals surface area contributed by atoms with Crippen molar-refractivity contribution in [1.29, 1.82) is 0 Å². The molecule has 37 heavy (non-hydrogen) atoms. The molecule has 1 aromatic heterocycles. The number of aromatic nitrogens is 2. The van der Waals surface area contributed by atoms with E-state index in [0.717, 1.165) is 62.1 Å². The Balaban J connectivity index is 1.22. The first-order valence-corrected chi connectivity index (χ1v) is 13.3. The van der Waals surface area contributed by atoms with Gasteiger partial charge in [0.05, 0.1) is 6.04 Å². The lowest BCUT2D eigenvalue weighted by molar-refractivity contribution is 0.0783. The van der Waals surface area contributed by atoms with Crippen LogP contribution in [0.4, 0.5) is 0 Å². The Morgan fingerprint density at radius 2 is 1.73 bits per heavy atom. The topological polar surface area (TPSA) is 70.5 Å². The van der Waals surface area contributed by atoms with E-state index in [0.29, 0.717) is 17.8 Å². The van der Waals surface area contributed by atoms with Crippen LogP contribution in [-0.2, 0) is 26.6 Å². The summed E-state index contributed by atoms with van der Waals surface area (Å²) in [7, 11) is 1.94. The van der Waals surface area contributed by atoms with Gasteiger partial charge >= 0.3 is 0 Å². The van der Waals surface area contributed by atoms with Crippen molar-refractivity contribution in [3.8, 4) is 0 Å². The summed E-state index contributed by atoms with van der Waals surface area (Å²) in [6.07, 6.45) is 3.03. The van der Waals surface area contributed by atoms with Crippen LogP contribution < -0.4 is 5.32 Å². The Kier molecular flexibility index (Phi) is 7.15. The molecule has 0 aliphatic carbocycles. The van der Waals surface area contributed by atoms with Crippen LogP contribution in [0.1, 0.15) is 80.2 Å². The number of nitrogens with one attached hydrogen (secondary N) is 1. The summed E-state index contributed by atoms with van der Waals surface area (Å²) in [6.45, 7) is 10.3. The molecule has 2 aromatic carbocycles. The first-order chi connectivity index (χ1) is 17.8. The Labute approximate surface area is 219 Å².